The van der Waals surface area contributed by atoms with Gasteiger partial charge < -0.3 is 4.52 Å². The molecular formula is C11H16F3N3O. The van der Waals surface area contributed by atoms with Crippen LogP contribution in [0.1, 0.15) is 31.5 Å². The summed E-state index contributed by atoms with van der Waals surface area (Å²) in [5.41, 5.74) is 0. The van der Waals surface area contributed by atoms with Gasteiger partial charge in [0.25, 0.3) is 0 Å². The van der Waals surface area contributed by atoms with Gasteiger partial charge in [-0.15, -0.1) is 0 Å². The number of piperidine rings is 1. The van der Waals surface area contributed by atoms with Crippen LogP contribution in [0, 0.1) is 5.92 Å². The molecule has 18 heavy (non-hydrogen) atoms. The second-order valence-corrected chi connectivity index (χ2v) is 4.57. The Morgan fingerprint density at radius 2 is 2.22 bits per heavy atom. The third-order valence-electron chi connectivity index (χ3n) is 3.15. The molecule has 1 aromatic heterocycles. The maximum absolute atomic E-state index is 12.6. The maximum atomic E-state index is 12.6. The lowest BCUT2D eigenvalue weighted by molar-refractivity contribution is -0.187. The molecule has 2 heterocycles. The molecule has 0 aromatic carbocycles. The van der Waals surface area contributed by atoms with E-state index in [2.05, 4.69) is 10.1 Å². The average molecular weight is 263 g/mol. The Hall–Kier alpha value is -1.11. The van der Waals surface area contributed by atoms with E-state index in [1.54, 1.807) is 4.90 Å². The van der Waals surface area contributed by atoms with E-state index in [1.807, 2.05) is 6.92 Å². The summed E-state index contributed by atoms with van der Waals surface area (Å²) in [6.07, 6.45) is -2.68. The standard InChI is InChI=1S/C11H16F3N3O/c1-2-9-15-10(18-16-9)7-17-5-3-4-8(6-17)11(12,13)14/h8H,2-7H2,1H3/t8-/m1/s1. The molecule has 1 fully saturated rings. The van der Waals surface area contributed by atoms with E-state index in [0.29, 0.717) is 37.6 Å². The molecule has 1 aromatic rings. The molecule has 1 aliphatic rings. The number of halogens is 3. The molecular weight excluding hydrogens is 247 g/mol. The monoisotopic (exact) mass is 263 g/mol. The SMILES string of the molecule is CCc1noc(CN2CCC[C@@H](C(F)(F)F)C2)n1. The molecule has 102 valence electrons. The van der Waals surface area contributed by atoms with Crippen LogP contribution in [0.4, 0.5) is 13.2 Å². The Labute approximate surface area is 103 Å². The second-order valence-electron chi connectivity index (χ2n) is 4.57. The molecule has 0 radical (unpaired) electrons. The molecule has 1 saturated heterocycles. The quantitative estimate of drug-likeness (QED) is 0.839. The predicted octanol–water partition coefficient (Wildman–Crippen LogP) is 2.41. The van der Waals surface area contributed by atoms with Gasteiger partial charge in [0.1, 0.15) is 0 Å². The minimum atomic E-state index is -4.11. The van der Waals surface area contributed by atoms with Gasteiger partial charge >= 0.3 is 6.18 Å². The number of aromatic nitrogens is 2. The van der Waals surface area contributed by atoms with Gasteiger partial charge in [-0.2, -0.15) is 18.2 Å². The summed E-state index contributed by atoms with van der Waals surface area (Å²) in [5.74, 6) is -0.246. The summed E-state index contributed by atoms with van der Waals surface area (Å²) in [6.45, 7) is 2.87. The summed E-state index contributed by atoms with van der Waals surface area (Å²) in [5, 5.41) is 3.73. The van der Waals surface area contributed by atoms with Crippen molar-refractivity contribution in [3.8, 4) is 0 Å². The average Bonchev–Trinajstić information content (AvgIpc) is 2.76. The van der Waals surface area contributed by atoms with Gasteiger partial charge in [-0.1, -0.05) is 12.1 Å². The summed E-state index contributed by atoms with van der Waals surface area (Å²) < 4.78 is 42.9. The largest absolute Gasteiger partial charge is 0.393 e. The minimum Gasteiger partial charge on any atom is -0.338 e. The van der Waals surface area contributed by atoms with Crippen molar-refractivity contribution >= 4 is 0 Å². The van der Waals surface area contributed by atoms with E-state index in [9.17, 15) is 13.2 Å². The fourth-order valence-electron chi connectivity index (χ4n) is 2.16. The van der Waals surface area contributed by atoms with Gasteiger partial charge in [-0.25, -0.2) is 0 Å². The van der Waals surface area contributed by atoms with Crippen molar-refractivity contribution < 1.29 is 17.7 Å². The third kappa shape index (κ3) is 3.22. The topological polar surface area (TPSA) is 42.2 Å². The second kappa shape index (κ2) is 5.26. The van der Waals surface area contributed by atoms with Crippen LogP contribution >= 0.6 is 0 Å². The van der Waals surface area contributed by atoms with E-state index >= 15 is 0 Å². The summed E-state index contributed by atoms with van der Waals surface area (Å²) in [4.78, 5) is 5.84. The fraction of sp³-hybridized carbons (Fsp3) is 0.818. The zero-order valence-corrected chi connectivity index (χ0v) is 10.2. The predicted molar refractivity (Wildman–Crippen MR) is 57.7 cm³/mol. The number of alkyl halides is 3. The first-order valence-electron chi connectivity index (χ1n) is 6.09. The highest BCUT2D eigenvalue weighted by Gasteiger charge is 2.41. The van der Waals surface area contributed by atoms with Gasteiger partial charge in [0.05, 0.1) is 12.5 Å². The molecule has 0 saturated carbocycles. The van der Waals surface area contributed by atoms with Gasteiger partial charge in [-0.05, 0) is 19.4 Å². The lowest BCUT2D eigenvalue weighted by Crippen LogP contribution is -2.41. The van der Waals surface area contributed by atoms with Crippen molar-refractivity contribution in [2.24, 2.45) is 5.92 Å². The van der Waals surface area contributed by atoms with E-state index in [4.69, 9.17) is 4.52 Å². The van der Waals surface area contributed by atoms with Crippen LogP contribution in [0.3, 0.4) is 0 Å². The Bertz CT molecular complexity index is 391. The Balaban J connectivity index is 1.93. The van der Waals surface area contributed by atoms with Gasteiger partial charge in [0, 0.05) is 13.0 Å². The lowest BCUT2D eigenvalue weighted by atomic mass is 9.97. The lowest BCUT2D eigenvalue weighted by Gasteiger charge is -2.32. The minimum absolute atomic E-state index is 0.0212. The van der Waals surface area contributed by atoms with Gasteiger partial charge in [0.2, 0.25) is 5.89 Å². The molecule has 1 aliphatic heterocycles. The van der Waals surface area contributed by atoms with Crippen LogP contribution in [0.15, 0.2) is 4.52 Å². The molecule has 2 rings (SSSR count). The van der Waals surface area contributed by atoms with Crippen molar-refractivity contribution in [2.75, 3.05) is 13.1 Å². The van der Waals surface area contributed by atoms with Crippen molar-refractivity contribution in [3.05, 3.63) is 11.7 Å². The number of hydrogen-bond acceptors (Lipinski definition) is 4. The Kier molecular flexibility index (Phi) is 3.89. The zero-order chi connectivity index (χ0) is 13.2. The van der Waals surface area contributed by atoms with E-state index in [-0.39, 0.29) is 13.0 Å². The van der Waals surface area contributed by atoms with Crippen molar-refractivity contribution in [2.45, 2.75) is 38.9 Å². The molecule has 0 N–H and O–H groups in total. The van der Waals surface area contributed by atoms with Crippen molar-refractivity contribution in [1.82, 2.24) is 15.0 Å². The van der Waals surface area contributed by atoms with Crippen LogP contribution in [0.2, 0.25) is 0 Å². The Morgan fingerprint density at radius 1 is 1.44 bits per heavy atom. The molecule has 4 nitrogen and oxygen atoms in total. The number of aryl methyl sites for hydroxylation is 1. The van der Waals surface area contributed by atoms with Crippen LogP contribution in [0.5, 0.6) is 0 Å². The van der Waals surface area contributed by atoms with E-state index < -0.39 is 12.1 Å². The first-order valence-corrected chi connectivity index (χ1v) is 6.09. The van der Waals surface area contributed by atoms with E-state index in [0.717, 1.165) is 0 Å². The molecule has 0 aliphatic carbocycles. The normalized spacial score (nSPS) is 22.3. The van der Waals surface area contributed by atoms with Crippen LogP contribution in [0.25, 0.3) is 0 Å². The summed E-state index contributed by atoms with van der Waals surface area (Å²) in [7, 11) is 0. The van der Waals surface area contributed by atoms with Crippen molar-refractivity contribution in [1.29, 1.82) is 0 Å². The first-order chi connectivity index (χ1) is 8.49. The molecule has 0 spiro atoms. The number of hydrogen-bond donors (Lipinski definition) is 0. The molecule has 0 amide bonds. The van der Waals surface area contributed by atoms with Crippen LogP contribution < -0.4 is 0 Å². The van der Waals surface area contributed by atoms with Crippen LogP contribution in [-0.4, -0.2) is 34.3 Å². The fourth-order valence-corrected chi connectivity index (χ4v) is 2.16. The zero-order valence-electron chi connectivity index (χ0n) is 10.2. The van der Waals surface area contributed by atoms with E-state index in [1.165, 1.54) is 0 Å². The summed E-state index contributed by atoms with van der Waals surface area (Å²) in [6, 6.07) is 0. The molecule has 0 unspecified atom stereocenters. The highest BCUT2D eigenvalue weighted by atomic mass is 19.4. The molecule has 7 heteroatoms. The third-order valence-corrected chi connectivity index (χ3v) is 3.15. The van der Waals surface area contributed by atoms with Crippen molar-refractivity contribution in [3.63, 3.8) is 0 Å². The van der Waals surface area contributed by atoms with Crippen LogP contribution in [-0.2, 0) is 13.0 Å². The number of likely N-dealkylation sites (tertiary alicyclic amines) is 1. The molecule has 0 bridgehead atoms. The first kappa shape index (κ1) is 13.3. The highest BCUT2D eigenvalue weighted by Crippen LogP contribution is 2.33. The number of nitrogens with zero attached hydrogens (tertiary/aromatic N) is 3. The number of rotatable bonds is 3. The Morgan fingerprint density at radius 3 is 2.83 bits per heavy atom. The molecule has 1 atom stereocenters. The van der Waals surface area contributed by atoms with Gasteiger partial charge in [-0.3, -0.25) is 4.90 Å². The highest BCUT2D eigenvalue weighted by molar-refractivity contribution is 4.87. The smallest absolute Gasteiger partial charge is 0.338 e. The summed E-state index contributed by atoms with van der Waals surface area (Å²) >= 11 is 0. The maximum Gasteiger partial charge on any atom is 0.393 e. The van der Waals surface area contributed by atoms with Gasteiger partial charge in [0.15, 0.2) is 5.82 Å².